The molecule has 0 aromatic heterocycles. The summed E-state index contributed by atoms with van der Waals surface area (Å²) in [5.74, 6) is 0.389. The van der Waals surface area contributed by atoms with E-state index >= 15 is 0 Å². The molecule has 2 saturated carbocycles. The molecule has 1 nitrogen and oxygen atoms in total. The summed E-state index contributed by atoms with van der Waals surface area (Å²) >= 11 is 6.97. The first-order valence-corrected chi connectivity index (χ1v) is 8.58. The SMILES string of the molecule is Fc1cc(OC2CC(Br)C23CCCCC3)ccc1Br. The van der Waals surface area contributed by atoms with Crippen LogP contribution in [0.1, 0.15) is 38.5 Å². The average Bonchev–Trinajstić information content (AvgIpc) is 2.43. The molecule has 0 bridgehead atoms. The van der Waals surface area contributed by atoms with Gasteiger partial charge in [-0.15, -0.1) is 0 Å². The fourth-order valence-corrected chi connectivity index (χ4v) is 4.76. The Morgan fingerprint density at radius 1 is 1.21 bits per heavy atom. The van der Waals surface area contributed by atoms with Crippen molar-refractivity contribution in [3.8, 4) is 5.75 Å². The van der Waals surface area contributed by atoms with Crippen LogP contribution in [0.25, 0.3) is 0 Å². The Balaban J connectivity index is 1.74. The normalized spacial score (nSPS) is 29.0. The van der Waals surface area contributed by atoms with Gasteiger partial charge in [-0.25, -0.2) is 4.39 Å². The Morgan fingerprint density at radius 3 is 2.58 bits per heavy atom. The van der Waals surface area contributed by atoms with Gasteiger partial charge < -0.3 is 4.74 Å². The standard InChI is InChI=1S/C15H17Br2FO/c16-11-5-4-10(8-12(11)18)19-14-9-13(17)15(14)6-2-1-3-7-15/h4-5,8,13-14H,1-3,6-7,9H2. The molecule has 1 aromatic carbocycles. The van der Waals surface area contributed by atoms with Gasteiger partial charge in [0.2, 0.25) is 0 Å². The molecule has 2 atom stereocenters. The zero-order valence-corrected chi connectivity index (χ0v) is 13.8. The fraction of sp³-hybridized carbons (Fsp3) is 0.600. The molecule has 3 rings (SSSR count). The molecule has 4 heteroatoms. The Hall–Kier alpha value is -0.0900. The lowest BCUT2D eigenvalue weighted by atomic mass is 9.58. The van der Waals surface area contributed by atoms with Crippen molar-refractivity contribution in [2.75, 3.05) is 0 Å². The van der Waals surface area contributed by atoms with Crippen molar-refractivity contribution in [3.05, 3.63) is 28.5 Å². The summed E-state index contributed by atoms with van der Waals surface area (Å²) in [6, 6.07) is 5.02. The number of halogens is 3. The second-order valence-electron chi connectivity index (χ2n) is 5.68. The van der Waals surface area contributed by atoms with Gasteiger partial charge in [-0.1, -0.05) is 35.2 Å². The zero-order chi connectivity index (χ0) is 13.5. The van der Waals surface area contributed by atoms with Gasteiger partial charge in [-0.3, -0.25) is 0 Å². The first-order chi connectivity index (χ1) is 9.12. The fourth-order valence-electron chi connectivity index (χ4n) is 3.42. The van der Waals surface area contributed by atoms with Crippen molar-refractivity contribution in [1.29, 1.82) is 0 Å². The van der Waals surface area contributed by atoms with Crippen molar-refractivity contribution in [2.24, 2.45) is 5.41 Å². The third-order valence-corrected chi connectivity index (χ3v) is 6.57. The number of alkyl halides is 1. The van der Waals surface area contributed by atoms with Crippen LogP contribution < -0.4 is 4.74 Å². The van der Waals surface area contributed by atoms with Gasteiger partial charge in [0.05, 0.1) is 4.47 Å². The predicted molar refractivity (Wildman–Crippen MR) is 81.4 cm³/mol. The first-order valence-electron chi connectivity index (χ1n) is 6.87. The highest BCUT2D eigenvalue weighted by Gasteiger charge is 2.55. The largest absolute Gasteiger partial charge is 0.490 e. The highest BCUT2D eigenvalue weighted by molar-refractivity contribution is 9.10. The third kappa shape index (κ3) is 2.46. The lowest BCUT2D eigenvalue weighted by Crippen LogP contribution is -2.57. The molecule has 104 valence electrons. The van der Waals surface area contributed by atoms with Gasteiger partial charge >= 0.3 is 0 Å². The molecule has 0 radical (unpaired) electrons. The van der Waals surface area contributed by atoms with E-state index in [1.807, 2.05) is 6.07 Å². The summed E-state index contributed by atoms with van der Waals surface area (Å²) in [7, 11) is 0. The van der Waals surface area contributed by atoms with E-state index in [4.69, 9.17) is 4.74 Å². The number of ether oxygens (including phenoxy) is 1. The van der Waals surface area contributed by atoms with Gasteiger partial charge in [-0.05, 0) is 47.3 Å². The maximum Gasteiger partial charge on any atom is 0.141 e. The molecule has 2 aliphatic carbocycles. The Kier molecular flexibility index (Phi) is 3.91. The quantitative estimate of drug-likeness (QED) is 0.608. The van der Waals surface area contributed by atoms with Crippen LogP contribution in [0.4, 0.5) is 4.39 Å². The third-order valence-electron chi connectivity index (χ3n) is 4.64. The smallest absolute Gasteiger partial charge is 0.141 e. The molecule has 0 heterocycles. The van der Waals surface area contributed by atoms with E-state index in [1.165, 1.54) is 38.2 Å². The van der Waals surface area contributed by atoms with E-state index in [9.17, 15) is 4.39 Å². The van der Waals surface area contributed by atoms with Gasteiger partial charge in [0.25, 0.3) is 0 Å². The van der Waals surface area contributed by atoms with Crippen LogP contribution in [0.15, 0.2) is 22.7 Å². The Bertz CT molecular complexity index is 471. The maximum atomic E-state index is 13.5. The summed E-state index contributed by atoms with van der Waals surface area (Å²) in [6.07, 6.45) is 7.63. The van der Waals surface area contributed by atoms with E-state index < -0.39 is 0 Å². The van der Waals surface area contributed by atoms with Gasteiger partial charge in [0.15, 0.2) is 0 Å². The Morgan fingerprint density at radius 2 is 1.95 bits per heavy atom. The van der Waals surface area contributed by atoms with Crippen LogP contribution in [-0.4, -0.2) is 10.9 Å². The van der Waals surface area contributed by atoms with E-state index in [1.54, 1.807) is 6.07 Å². The number of rotatable bonds is 2. The average molecular weight is 392 g/mol. The highest BCUT2D eigenvalue weighted by atomic mass is 79.9. The summed E-state index contributed by atoms with van der Waals surface area (Å²) in [6.45, 7) is 0. The van der Waals surface area contributed by atoms with Crippen LogP contribution in [0.2, 0.25) is 0 Å². The van der Waals surface area contributed by atoms with Gasteiger partial charge in [0, 0.05) is 16.3 Å². The first kappa shape index (κ1) is 13.9. The van der Waals surface area contributed by atoms with Crippen LogP contribution in [-0.2, 0) is 0 Å². The zero-order valence-electron chi connectivity index (χ0n) is 10.7. The Labute approximate surface area is 130 Å². The van der Waals surface area contributed by atoms with E-state index in [-0.39, 0.29) is 17.3 Å². The van der Waals surface area contributed by atoms with Gasteiger partial charge in [0.1, 0.15) is 17.7 Å². The minimum atomic E-state index is -0.259. The molecule has 0 saturated heterocycles. The van der Waals surface area contributed by atoms with E-state index in [2.05, 4.69) is 31.9 Å². The second kappa shape index (κ2) is 5.36. The monoisotopic (exact) mass is 390 g/mol. The van der Waals surface area contributed by atoms with Crippen molar-refractivity contribution < 1.29 is 9.13 Å². The van der Waals surface area contributed by atoms with Crippen molar-refractivity contribution >= 4 is 31.9 Å². The van der Waals surface area contributed by atoms with E-state index in [0.29, 0.717) is 15.0 Å². The van der Waals surface area contributed by atoms with E-state index in [0.717, 1.165) is 6.42 Å². The molecule has 1 spiro atoms. The van der Waals surface area contributed by atoms with Crippen LogP contribution in [0, 0.1) is 11.2 Å². The summed E-state index contributed by atoms with van der Waals surface area (Å²) in [5, 5.41) is 0. The van der Waals surface area contributed by atoms with Crippen LogP contribution in [0.5, 0.6) is 5.75 Å². The summed E-state index contributed by atoms with van der Waals surface area (Å²) in [5.41, 5.74) is 0.280. The summed E-state index contributed by atoms with van der Waals surface area (Å²) in [4.78, 5) is 0.561. The molecule has 0 N–H and O–H groups in total. The maximum absolute atomic E-state index is 13.5. The summed E-state index contributed by atoms with van der Waals surface area (Å²) < 4.78 is 20.1. The number of hydrogen-bond donors (Lipinski definition) is 0. The van der Waals surface area contributed by atoms with Crippen molar-refractivity contribution in [1.82, 2.24) is 0 Å². The number of benzene rings is 1. The molecule has 0 aliphatic heterocycles. The molecule has 2 unspecified atom stereocenters. The minimum Gasteiger partial charge on any atom is -0.490 e. The molecule has 19 heavy (non-hydrogen) atoms. The van der Waals surface area contributed by atoms with Gasteiger partial charge in [-0.2, -0.15) is 0 Å². The lowest BCUT2D eigenvalue weighted by Gasteiger charge is -2.55. The molecule has 0 amide bonds. The number of hydrogen-bond acceptors (Lipinski definition) is 1. The lowest BCUT2D eigenvalue weighted by molar-refractivity contribution is -0.0602. The highest BCUT2D eigenvalue weighted by Crippen LogP contribution is 2.56. The molecule has 2 fully saturated rings. The van der Waals surface area contributed by atoms with Crippen LogP contribution >= 0.6 is 31.9 Å². The molecule has 1 aromatic rings. The topological polar surface area (TPSA) is 9.23 Å². The molecular weight excluding hydrogens is 375 g/mol. The minimum absolute atomic E-state index is 0.234. The van der Waals surface area contributed by atoms with Crippen molar-refractivity contribution in [2.45, 2.75) is 49.5 Å². The molecule has 2 aliphatic rings. The molecular formula is C15H17Br2FO. The van der Waals surface area contributed by atoms with Crippen LogP contribution in [0.3, 0.4) is 0 Å². The van der Waals surface area contributed by atoms with Crippen molar-refractivity contribution in [3.63, 3.8) is 0 Å². The predicted octanol–water partition coefficient (Wildman–Crippen LogP) is 5.45. The second-order valence-corrected chi connectivity index (χ2v) is 7.64.